The maximum absolute atomic E-state index is 4.66. The summed E-state index contributed by atoms with van der Waals surface area (Å²) in [6, 6.07) is 20.6. The van der Waals surface area contributed by atoms with Crippen molar-refractivity contribution in [2.45, 2.75) is 26.3 Å². The van der Waals surface area contributed by atoms with Gasteiger partial charge in [0.25, 0.3) is 0 Å². The molecule has 0 fully saturated rings. The third-order valence-electron chi connectivity index (χ3n) is 3.65. The Bertz CT molecular complexity index is 677. The molecule has 0 spiro atoms. The van der Waals surface area contributed by atoms with Gasteiger partial charge in [0.2, 0.25) is 0 Å². The van der Waals surface area contributed by atoms with Crippen LogP contribution in [0.3, 0.4) is 0 Å². The van der Waals surface area contributed by atoms with Crippen LogP contribution < -0.4 is 16.0 Å². The Morgan fingerprint density at radius 3 is 2.26 bits per heavy atom. The Hall–Kier alpha value is -2.59. The third kappa shape index (κ3) is 4.69. The molecule has 3 N–H and O–H groups in total. The topological polar surface area (TPSA) is 48.5 Å². The van der Waals surface area contributed by atoms with Gasteiger partial charge < -0.3 is 10.6 Å². The number of nitrogens with one attached hydrogen (secondary N) is 3. The maximum Gasteiger partial charge on any atom is 0.154 e. The molecular formula is C19H22N4. The summed E-state index contributed by atoms with van der Waals surface area (Å²) in [6.07, 6.45) is 2.01. The lowest BCUT2D eigenvalue weighted by Crippen LogP contribution is -2.56. The molecule has 1 aliphatic heterocycles. The van der Waals surface area contributed by atoms with Crippen molar-refractivity contribution in [3.63, 3.8) is 0 Å². The van der Waals surface area contributed by atoms with E-state index in [1.165, 1.54) is 11.1 Å². The van der Waals surface area contributed by atoms with Gasteiger partial charge in [-0.15, -0.1) is 0 Å². The first-order valence-electron chi connectivity index (χ1n) is 7.87. The van der Waals surface area contributed by atoms with E-state index in [1.54, 1.807) is 0 Å². The Morgan fingerprint density at radius 1 is 0.913 bits per heavy atom. The van der Waals surface area contributed by atoms with E-state index in [0.717, 1.165) is 18.1 Å². The van der Waals surface area contributed by atoms with Crippen LogP contribution in [0.5, 0.6) is 0 Å². The Kier molecular flexibility index (Phi) is 5.06. The minimum atomic E-state index is -0.0188. The van der Waals surface area contributed by atoms with Crippen molar-refractivity contribution in [1.82, 2.24) is 16.0 Å². The van der Waals surface area contributed by atoms with E-state index in [4.69, 9.17) is 0 Å². The zero-order valence-electron chi connectivity index (χ0n) is 13.3. The molecule has 2 aromatic rings. The SMILES string of the molecule is CC1=CC(=NCc2ccccc2)NC(NCc2ccccc2)N1. The van der Waals surface area contributed by atoms with Crippen molar-refractivity contribution in [3.8, 4) is 0 Å². The number of allylic oxidation sites excluding steroid dienone is 1. The molecule has 0 aliphatic carbocycles. The fraction of sp³-hybridized carbons (Fsp3) is 0.211. The van der Waals surface area contributed by atoms with Gasteiger partial charge in [0.1, 0.15) is 5.84 Å². The highest BCUT2D eigenvalue weighted by molar-refractivity contribution is 5.94. The second-order valence-electron chi connectivity index (χ2n) is 5.60. The number of aliphatic imine (C=N–C) groups is 1. The summed E-state index contributed by atoms with van der Waals surface area (Å²) in [6.45, 7) is 3.53. The van der Waals surface area contributed by atoms with Crippen LogP contribution in [0.15, 0.2) is 77.4 Å². The summed E-state index contributed by atoms with van der Waals surface area (Å²) in [5.74, 6) is 0.899. The lowest BCUT2D eigenvalue weighted by Gasteiger charge is -2.28. The summed E-state index contributed by atoms with van der Waals surface area (Å²) < 4.78 is 0. The molecule has 0 bridgehead atoms. The molecule has 0 saturated carbocycles. The first-order chi connectivity index (χ1) is 11.3. The van der Waals surface area contributed by atoms with E-state index in [-0.39, 0.29) is 6.29 Å². The van der Waals surface area contributed by atoms with Crippen LogP contribution in [0.25, 0.3) is 0 Å². The van der Waals surface area contributed by atoms with Gasteiger partial charge in [-0.25, -0.2) is 0 Å². The molecule has 0 amide bonds. The highest BCUT2D eigenvalue weighted by Crippen LogP contribution is 2.04. The quantitative estimate of drug-likeness (QED) is 0.796. The predicted octanol–water partition coefficient (Wildman–Crippen LogP) is 2.76. The van der Waals surface area contributed by atoms with Crippen LogP contribution >= 0.6 is 0 Å². The molecule has 4 nitrogen and oxygen atoms in total. The molecule has 1 atom stereocenters. The lowest BCUT2D eigenvalue weighted by molar-refractivity contribution is 0.424. The molecule has 1 aliphatic rings. The standard InChI is InChI=1S/C19H22N4/c1-15-12-18(20-13-16-8-4-2-5-9-16)23-19(22-15)21-14-17-10-6-3-7-11-17/h2-12,19,21-22H,13-14H2,1H3,(H,20,23). The number of hydrogen-bond acceptors (Lipinski definition) is 3. The van der Waals surface area contributed by atoms with Gasteiger partial charge in [-0.05, 0) is 24.1 Å². The predicted molar refractivity (Wildman–Crippen MR) is 94.7 cm³/mol. The van der Waals surface area contributed by atoms with Crippen molar-refractivity contribution in [1.29, 1.82) is 0 Å². The average molecular weight is 306 g/mol. The minimum absolute atomic E-state index is 0.0188. The van der Waals surface area contributed by atoms with Gasteiger partial charge in [-0.3, -0.25) is 10.3 Å². The van der Waals surface area contributed by atoms with Gasteiger partial charge in [0, 0.05) is 12.2 Å². The summed E-state index contributed by atoms with van der Waals surface area (Å²) in [7, 11) is 0. The van der Waals surface area contributed by atoms with Crippen molar-refractivity contribution >= 4 is 5.84 Å². The first-order valence-corrected chi connectivity index (χ1v) is 7.87. The number of nitrogens with zero attached hydrogens (tertiary/aromatic N) is 1. The highest BCUT2D eigenvalue weighted by Gasteiger charge is 2.14. The third-order valence-corrected chi connectivity index (χ3v) is 3.65. The highest BCUT2D eigenvalue weighted by atomic mass is 15.3. The molecule has 2 aromatic carbocycles. The zero-order chi connectivity index (χ0) is 15.9. The number of benzene rings is 2. The summed E-state index contributed by atoms with van der Waals surface area (Å²) >= 11 is 0. The van der Waals surface area contributed by atoms with Gasteiger partial charge in [0.05, 0.1) is 6.54 Å². The molecule has 3 rings (SSSR count). The molecule has 4 heteroatoms. The average Bonchev–Trinajstić information content (AvgIpc) is 2.60. The molecule has 118 valence electrons. The van der Waals surface area contributed by atoms with E-state index in [2.05, 4.69) is 64.3 Å². The van der Waals surface area contributed by atoms with Gasteiger partial charge in [0.15, 0.2) is 6.29 Å². The van der Waals surface area contributed by atoms with Crippen molar-refractivity contribution in [3.05, 3.63) is 83.6 Å². The van der Waals surface area contributed by atoms with Crippen LogP contribution in [-0.4, -0.2) is 12.1 Å². The lowest BCUT2D eigenvalue weighted by atomic mass is 10.2. The monoisotopic (exact) mass is 306 g/mol. The molecule has 1 unspecified atom stereocenters. The van der Waals surface area contributed by atoms with Gasteiger partial charge in [-0.2, -0.15) is 0 Å². The van der Waals surface area contributed by atoms with Crippen LogP contribution in [-0.2, 0) is 13.1 Å². The van der Waals surface area contributed by atoms with E-state index in [0.29, 0.717) is 6.54 Å². The number of amidine groups is 1. The summed E-state index contributed by atoms with van der Waals surface area (Å²) in [4.78, 5) is 4.66. The first kappa shape index (κ1) is 15.3. The van der Waals surface area contributed by atoms with Crippen LogP contribution in [0.1, 0.15) is 18.1 Å². The Morgan fingerprint density at radius 2 is 1.57 bits per heavy atom. The second-order valence-corrected chi connectivity index (χ2v) is 5.60. The molecule has 23 heavy (non-hydrogen) atoms. The van der Waals surface area contributed by atoms with E-state index in [9.17, 15) is 0 Å². The Labute approximate surface area is 137 Å². The van der Waals surface area contributed by atoms with Gasteiger partial charge in [-0.1, -0.05) is 60.7 Å². The fourth-order valence-electron chi connectivity index (χ4n) is 2.47. The number of hydrogen-bond donors (Lipinski definition) is 3. The zero-order valence-corrected chi connectivity index (χ0v) is 13.3. The minimum Gasteiger partial charge on any atom is -0.357 e. The molecular weight excluding hydrogens is 284 g/mol. The van der Waals surface area contributed by atoms with Crippen molar-refractivity contribution in [2.75, 3.05) is 0 Å². The van der Waals surface area contributed by atoms with Crippen molar-refractivity contribution in [2.24, 2.45) is 4.99 Å². The van der Waals surface area contributed by atoms with Crippen LogP contribution in [0.4, 0.5) is 0 Å². The normalized spacial score (nSPS) is 18.9. The molecule has 0 radical (unpaired) electrons. The molecule has 1 heterocycles. The van der Waals surface area contributed by atoms with Crippen LogP contribution in [0.2, 0.25) is 0 Å². The molecule has 0 aromatic heterocycles. The smallest absolute Gasteiger partial charge is 0.154 e. The van der Waals surface area contributed by atoms with Crippen molar-refractivity contribution < 1.29 is 0 Å². The fourth-order valence-corrected chi connectivity index (χ4v) is 2.47. The number of rotatable bonds is 5. The molecule has 0 saturated heterocycles. The largest absolute Gasteiger partial charge is 0.357 e. The summed E-state index contributed by atoms with van der Waals surface area (Å²) in [5.41, 5.74) is 3.56. The Balaban J connectivity index is 1.59. The van der Waals surface area contributed by atoms with Crippen LogP contribution in [0, 0.1) is 0 Å². The van der Waals surface area contributed by atoms with E-state index < -0.39 is 0 Å². The maximum atomic E-state index is 4.66. The van der Waals surface area contributed by atoms with E-state index in [1.807, 2.05) is 30.3 Å². The summed E-state index contributed by atoms with van der Waals surface area (Å²) in [5, 5.41) is 10.2. The second kappa shape index (κ2) is 7.61. The van der Waals surface area contributed by atoms with Gasteiger partial charge >= 0.3 is 0 Å². The van der Waals surface area contributed by atoms with E-state index >= 15 is 0 Å².